The molecular weight excluding hydrogens is 297 g/mol. The Morgan fingerprint density at radius 3 is 2.42 bits per heavy atom. The maximum Gasteiger partial charge on any atom is 0.331 e. The van der Waals surface area contributed by atoms with E-state index in [4.69, 9.17) is 33.0 Å². The van der Waals surface area contributed by atoms with Crippen molar-refractivity contribution in [1.29, 1.82) is 0 Å². The standard InChI is InChI=1S/C11H9Cl2NO5/c1-6(11(15)16)2-3-19-10-8(12)4-7(14(17)18)5-9(10)13/h2,4-5H,3H2,1H3,(H,15,16). The summed E-state index contributed by atoms with van der Waals surface area (Å²) in [5.41, 5.74) is -0.145. The van der Waals surface area contributed by atoms with Gasteiger partial charge in [-0.2, -0.15) is 0 Å². The van der Waals surface area contributed by atoms with Crippen LogP contribution in [0.15, 0.2) is 23.8 Å². The summed E-state index contributed by atoms with van der Waals surface area (Å²) in [6, 6.07) is 2.22. The zero-order valence-electron chi connectivity index (χ0n) is 9.72. The van der Waals surface area contributed by atoms with Crippen molar-refractivity contribution in [3.63, 3.8) is 0 Å². The van der Waals surface area contributed by atoms with Crippen molar-refractivity contribution < 1.29 is 19.6 Å². The average molecular weight is 306 g/mol. The van der Waals surface area contributed by atoms with Gasteiger partial charge in [-0.3, -0.25) is 10.1 Å². The van der Waals surface area contributed by atoms with Crippen LogP contribution in [-0.2, 0) is 4.79 Å². The maximum atomic E-state index is 10.6. The number of non-ortho nitro benzene ring substituents is 1. The number of carboxylic acids is 1. The first-order chi connectivity index (χ1) is 8.82. The Morgan fingerprint density at radius 2 is 2.00 bits per heavy atom. The molecule has 0 bridgehead atoms. The third-order valence-corrected chi connectivity index (χ3v) is 2.71. The number of carboxylic acid groups (broad SMARTS) is 1. The lowest BCUT2D eigenvalue weighted by molar-refractivity contribution is -0.384. The Labute approximate surface area is 118 Å². The van der Waals surface area contributed by atoms with Gasteiger partial charge in [0.25, 0.3) is 5.69 Å². The lowest BCUT2D eigenvalue weighted by Crippen LogP contribution is -2.01. The van der Waals surface area contributed by atoms with Gasteiger partial charge < -0.3 is 9.84 Å². The summed E-state index contributed by atoms with van der Waals surface area (Å²) in [5, 5.41) is 19.2. The van der Waals surface area contributed by atoms with Crippen LogP contribution < -0.4 is 4.74 Å². The van der Waals surface area contributed by atoms with Crippen LogP contribution in [0.25, 0.3) is 0 Å². The molecular formula is C11H9Cl2NO5. The zero-order valence-corrected chi connectivity index (χ0v) is 11.2. The molecule has 0 aliphatic heterocycles. The summed E-state index contributed by atoms with van der Waals surface area (Å²) in [7, 11) is 0. The molecule has 0 aliphatic rings. The maximum absolute atomic E-state index is 10.6. The Hall–Kier alpha value is -1.79. The summed E-state index contributed by atoms with van der Waals surface area (Å²) < 4.78 is 5.20. The fourth-order valence-corrected chi connectivity index (χ4v) is 1.71. The van der Waals surface area contributed by atoms with Crippen LogP contribution in [0.2, 0.25) is 10.0 Å². The molecule has 1 aromatic rings. The molecule has 1 N–H and O–H groups in total. The number of rotatable bonds is 5. The first kappa shape index (κ1) is 15.3. The van der Waals surface area contributed by atoms with Crippen LogP contribution in [-0.4, -0.2) is 22.6 Å². The van der Waals surface area contributed by atoms with Gasteiger partial charge in [0, 0.05) is 17.7 Å². The molecule has 0 aliphatic carbocycles. The van der Waals surface area contributed by atoms with E-state index in [1.54, 1.807) is 0 Å². The third-order valence-electron chi connectivity index (χ3n) is 2.15. The second kappa shape index (κ2) is 6.40. The summed E-state index contributed by atoms with van der Waals surface area (Å²) in [6.45, 7) is 1.35. The smallest absolute Gasteiger partial charge is 0.331 e. The fraction of sp³-hybridized carbons (Fsp3) is 0.182. The molecule has 0 saturated heterocycles. The van der Waals surface area contributed by atoms with Gasteiger partial charge in [-0.1, -0.05) is 23.2 Å². The van der Waals surface area contributed by atoms with E-state index in [1.165, 1.54) is 13.0 Å². The molecule has 0 fully saturated rings. The topological polar surface area (TPSA) is 89.7 Å². The molecule has 102 valence electrons. The van der Waals surface area contributed by atoms with Gasteiger partial charge in [0.1, 0.15) is 6.61 Å². The number of hydrogen-bond donors (Lipinski definition) is 1. The molecule has 0 unspecified atom stereocenters. The van der Waals surface area contributed by atoms with Crippen molar-refractivity contribution in [3.8, 4) is 5.75 Å². The van der Waals surface area contributed by atoms with Gasteiger partial charge >= 0.3 is 5.97 Å². The highest BCUT2D eigenvalue weighted by atomic mass is 35.5. The predicted octanol–water partition coefficient (Wildman–Crippen LogP) is 3.31. The van der Waals surface area contributed by atoms with E-state index in [0.717, 1.165) is 12.1 Å². The van der Waals surface area contributed by atoms with Gasteiger partial charge in [0.15, 0.2) is 5.75 Å². The third kappa shape index (κ3) is 4.11. The van der Waals surface area contributed by atoms with E-state index in [2.05, 4.69) is 0 Å². The van der Waals surface area contributed by atoms with E-state index < -0.39 is 10.9 Å². The molecule has 0 aromatic heterocycles. The molecule has 0 heterocycles. The Bertz CT molecular complexity index is 533. The van der Waals surface area contributed by atoms with Crippen molar-refractivity contribution >= 4 is 34.9 Å². The number of nitro groups is 1. The first-order valence-electron chi connectivity index (χ1n) is 4.99. The minimum atomic E-state index is -1.07. The van der Waals surface area contributed by atoms with Crippen molar-refractivity contribution in [3.05, 3.63) is 43.9 Å². The summed E-state index contributed by atoms with van der Waals surface area (Å²) in [6.07, 6.45) is 1.33. The summed E-state index contributed by atoms with van der Waals surface area (Å²) in [5.74, 6) is -0.993. The van der Waals surface area contributed by atoms with Crippen LogP contribution >= 0.6 is 23.2 Å². The van der Waals surface area contributed by atoms with Crippen LogP contribution in [0.1, 0.15) is 6.92 Å². The van der Waals surface area contributed by atoms with Gasteiger partial charge in [0.05, 0.1) is 15.0 Å². The average Bonchev–Trinajstić information content (AvgIpc) is 2.31. The van der Waals surface area contributed by atoms with E-state index in [0.29, 0.717) is 0 Å². The van der Waals surface area contributed by atoms with Crippen molar-refractivity contribution in [2.45, 2.75) is 6.92 Å². The van der Waals surface area contributed by atoms with Crippen LogP contribution in [0.5, 0.6) is 5.75 Å². The highest BCUT2D eigenvalue weighted by molar-refractivity contribution is 6.37. The molecule has 8 heteroatoms. The van der Waals surface area contributed by atoms with Gasteiger partial charge in [-0.15, -0.1) is 0 Å². The van der Waals surface area contributed by atoms with Crippen molar-refractivity contribution in [1.82, 2.24) is 0 Å². The number of carbonyl (C=O) groups is 1. The molecule has 0 saturated carbocycles. The minimum Gasteiger partial charge on any atom is -0.486 e. The molecule has 0 amide bonds. The lowest BCUT2D eigenvalue weighted by Gasteiger charge is -2.08. The lowest BCUT2D eigenvalue weighted by atomic mass is 10.3. The van der Waals surface area contributed by atoms with Crippen molar-refractivity contribution in [2.24, 2.45) is 0 Å². The minimum absolute atomic E-state index is 0.0134. The predicted molar refractivity (Wildman–Crippen MR) is 70.0 cm³/mol. The summed E-state index contributed by atoms with van der Waals surface area (Å²) in [4.78, 5) is 20.5. The number of halogens is 2. The Kier molecular flexibility index (Phi) is 5.14. The largest absolute Gasteiger partial charge is 0.486 e. The highest BCUT2D eigenvalue weighted by Gasteiger charge is 2.15. The van der Waals surface area contributed by atoms with Crippen LogP contribution in [0.4, 0.5) is 5.69 Å². The van der Waals surface area contributed by atoms with E-state index in [9.17, 15) is 14.9 Å². The van der Waals surface area contributed by atoms with E-state index in [-0.39, 0.29) is 33.7 Å². The Balaban J connectivity index is 2.88. The molecule has 1 aromatic carbocycles. The molecule has 0 spiro atoms. The normalized spacial score (nSPS) is 11.2. The molecule has 1 rings (SSSR count). The monoisotopic (exact) mass is 305 g/mol. The van der Waals surface area contributed by atoms with Crippen molar-refractivity contribution in [2.75, 3.05) is 6.61 Å². The van der Waals surface area contributed by atoms with Gasteiger partial charge in [-0.25, -0.2) is 4.79 Å². The molecule has 0 radical (unpaired) electrons. The number of hydrogen-bond acceptors (Lipinski definition) is 4. The number of benzene rings is 1. The number of aliphatic carboxylic acids is 1. The van der Waals surface area contributed by atoms with Gasteiger partial charge in [-0.05, 0) is 13.0 Å². The van der Waals surface area contributed by atoms with E-state index >= 15 is 0 Å². The molecule has 0 atom stereocenters. The fourth-order valence-electron chi connectivity index (χ4n) is 1.13. The van der Waals surface area contributed by atoms with E-state index in [1.807, 2.05) is 0 Å². The molecule has 19 heavy (non-hydrogen) atoms. The SMILES string of the molecule is CC(=CCOc1c(Cl)cc([N+](=O)[O-])cc1Cl)C(=O)O. The highest BCUT2D eigenvalue weighted by Crippen LogP contribution is 2.36. The second-order valence-corrected chi connectivity index (χ2v) is 4.31. The zero-order chi connectivity index (χ0) is 14.6. The quantitative estimate of drug-likeness (QED) is 0.512. The van der Waals surface area contributed by atoms with Crippen LogP contribution in [0, 0.1) is 10.1 Å². The Morgan fingerprint density at radius 1 is 1.47 bits per heavy atom. The van der Waals surface area contributed by atoms with Crippen LogP contribution in [0.3, 0.4) is 0 Å². The number of nitrogens with zero attached hydrogens (tertiary/aromatic N) is 1. The number of nitro benzene ring substituents is 1. The number of ether oxygens (including phenoxy) is 1. The molecule has 6 nitrogen and oxygen atoms in total. The van der Waals surface area contributed by atoms with Gasteiger partial charge in [0.2, 0.25) is 0 Å². The first-order valence-corrected chi connectivity index (χ1v) is 5.74. The second-order valence-electron chi connectivity index (χ2n) is 3.50. The summed E-state index contributed by atoms with van der Waals surface area (Å²) >= 11 is 11.6.